The third kappa shape index (κ3) is 2.01. The van der Waals surface area contributed by atoms with Crippen LogP contribution >= 0.6 is 11.6 Å². The first kappa shape index (κ1) is 7.58. The quantitative estimate of drug-likeness (QED) is 0.686. The van der Waals surface area contributed by atoms with E-state index >= 15 is 0 Å². The van der Waals surface area contributed by atoms with Gasteiger partial charge in [0.15, 0.2) is 0 Å². The average Bonchev–Trinajstić information content (AvgIpc) is 1.88. The molecular weight excluding hydrogens is 146 g/mol. The summed E-state index contributed by atoms with van der Waals surface area (Å²) in [6.45, 7) is 0.856. The zero-order valence-electron chi connectivity index (χ0n) is 5.82. The van der Waals surface area contributed by atoms with Gasteiger partial charge in [-0.15, -0.1) is 0 Å². The van der Waals surface area contributed by atoms with E-state index in [1.165, 1.54) is 5.56 Å². The Labute approximate surface area is 66.0 Å². The van der Waals surface area contributed by atoms with E-state index < -0.39 is 0 Å². The van der Waals surface area contributed by atoms with E-state index in [0.717, 1.165) is 6.54 Å². The molecule has 0 aliphatic rings. The number of benzene rings is 1. The van der Waals surface area contributed by atoms with Gasteiger partial charge in [0, 0.05) is 17.6 Å². The van der Waals surface area contributed by atoms with Crippen LogP contribution in [-0.4, -0.2) is 7.05 Å². The molecule has 0 aromatic heterocycles. The van der Waals surface area contributed by atoms with Gasteiger partial charge >= 0.3 is 0 Å². The molecule has 0 saturated heterocycles. The zero-order chi connectivity index (χ0) is 7.40. The molecule has 1 nitrogen and oxygen atoms in total. The fourth-order valence-electron chi connectivity index (χ4n) is 0.795. The summed E-state index contributed by atoms with van der Waals surface area (Å²) in [5.74, 6) is 0. The van der Waals surface area contributed by atoms with E-state index in [2.05, 4.69) is 11.4 Å². The van der Waals surface area contributed by atoms with Gasteiger partial charge in [0.25, 0.3) is 0 Å². The molecule has 1 aromatic carbocycles. The Morgan fingerprint density at radius 3 is 3.10 bits per heavy atom. The molecule has 0 bridgehead atoms. The lowest BCUT2D eigenvalue weighted by Crippen LogP contribution is -2.04. The van der Waals surface area contributed by atoms with Crippen molar-refractivity contribution in [1.29, 1.82) is 0 Å². The Hall–Kier alpha value is -0.530. The number of hydrogen-bond acceptors (Lipinski definition) is 1. The van der Waals surface area contributed by atoms with Crippen LogP contribution in [0.4, 0.5) is 0 Å². The highest BCUT2D eigenvalue weighted by molar-refractivity contribution is 6.30. The minimum atomic E-state index is 0.674. The Kier molecular flexibility index (Phi) is 2.72. The van der Waals surface area contributed by atoms with Crippen LogP contribution in [0.3, 0.4) is 0 Å². The molecule has 1 N–H and O–H groups in total. The highest BCUT2D eigenvalue weighted by Crippen LogP contribution is 2.08. The third-order valence-electron chi connectivity index (χ3n) is 1.21. The van der Waals surface area contributed by atoms with Crippen LogP contribution < -0.4 is 5.32 Å². The largest absolute Gasteiger partial charge is 0.316 e. The van der Waals surface area contributed by atoms with Crippen LogP contribution in [0.2, 0.25) is 5.02 Å². The fourth-order valence-corrected chi connectivity index (χ4v) is 0.998. The van der Waals surface area contributed by atoms with Gasteiger partial charge in [0.1, 0.15) is 0 Å². The standard InChI is InChI=1S/C8H9ClN/c1-10-6-7-3-2-4-8(9)5-7/h2-3,5,10H,6H2,1H3. The minimum Gasteiger partial charge on any atom is -0.316 e. The predicted molar refractivity (Wildman–Crippen MR) is 43.1 cm³/mol. The molecular formula is C8H9ClN. The van der Waals surface area contributed by atoms with Crippen molar-refractivity contribution >= 4 is 11.6 Å². The topological polar surface area (TPSA) is 12.0 Å². The lowest BCUT2D eigenvalue weighted by Gasteiger charge is -1.97. The number of hydrogen-bond donors (Lipinski definition) is 1. The van der Waals surface area contributed by atoms with Gasteiger partial charge in [-0.2, -0.15) is 0 Å². The van der Waals surface area contributed by atoms with Crippen LogP contribution in [0.1, 0.15) is 5.56 Å². The SMILES string of the molecule is CNCc1cc[c]c(Cl)c1. The van der Waals surface area contributed by atoms with Gasteiger partial charge in [-0.05, 0) is 18.7 Å². The van der Waals surface area contributed by atoms with Crippen molar-refractivity contribution in [2.24, 2.45) is 0 Å². The maximum absolute atomic E-state index is 5.70. The Morgan fingerprint density at radius 1 is 1.70 bits per heavy atom. The summed E-state index contributed by atoms with van der Waals surface area (Å²) >= 11 is 5.70. The molecule has 1 rings (SSSR count). The van der Waals surface area contributed by atoms with Crippen molar-refractivity contribution in [3.05, 3.63) is 34.9 Å². The summed E-state index contributed by atoms with van der Waals surface area (Å²) in [5.41, 5.74) is 1.19. The summed E-state index contributed by atoms with van der Waals surface area (Å²) in [5, 5.41) is 3.71. The first-order chi connectivity index (χ1) is 4.83. The number of halogens is 1. The first-order valence-corrected chi connectivity index (χ1v) is 3.51. The monoisotopic (exact) mass is 154 g/mol. The molecule has 1 radical (unpaired) electrons. The zero-order valence-corrected chi connectivity index (χ0v) is 6.57. The van der Waals surface area contributed by atoms with E-state index in [-0.39, 0.29) is 0 Å². The minimum absolute atomic E-state index is 0.674. The van der Waals surface area contributed by atoms with E-state index in [1.807, 2.05) is 25.2 Å². The second kappa shape index (κ2) is 3.59. The highest BCUT2D eigenvalue weighted by atomic mass is 35.5. The van der Waals surface area contributed by atoms with Crippen molar-refractivity contribution in [1.82, 2.24) is 5.32 Å². The Bertz CT molecular complexity index is 210. The first-order valence-electron chi connectivity index (χ1n) is 3.13. The Balaban J connectivity index is 2.75. The van der Waals surface area contributed by atoms with Gasteiger partial charge in [0.2, 0.25) is 0 Å². The van der Waals surface area contributed by atoms with Gasteiger partial charge in [-0.25, -0.2) is 0 Å². The highest BCUT2D eigenvalue weighted by Gasteiger charge is 1.90. The van der Waals surface area contributed by atoms with Crippen LogP contribution in [-0.2, 0) is 6.54 Å². The summed E-state index contributed by atoms with van der Waals surface area (Å²) in [4.78, 5) is 0. The van der Waals surface area contributed by atoms with Gasteiger partial charge in [-0.3, -0.25) is 0 Å². The molecule has 0 spiro atoms. The van der Waals surface area contributed by atoms with Crippen LogP contribution in [0.25, 0.3) is 0 Å². The fraction of sp³-hybridized carbons (Fsp3) is 0.250. The van der Waals surface area contributed by atoms with Crippen LogP contribution in [0.15, 0.2) is 18.2 Å². The maximum atomic E-state index is 5.70. The summed E-state index contributed by atoms with van der Waals surface area (Å²) in [6.07, 6.45) is 0. The third-order valence-corrected chi connectivity index (χ3v) is 1.43. The van der Waals surface area contributed by atoms with Crippen LogP contribution in [0, 0.1) is 6.07 Å². The van der Waals surface area contributed by atoms with Gasteiger partial charge in [0.05, 0.1) is 0 Å². The van der Waals surface area contributed by atoms with E-state index in [0.29, 0.717) is 5.02 Å². The molecule has 0 heterocycles. The summed E-state index contributed by atoms with van der Waals surface area (Å²) < 4.78 is 0. The smallest absolute Gasteiger partial charge is 0.0488 e. The van der Waals surface area contributed by atoms with Crippen molar-refractivity contribution in [2.45, 2.75) is 6.54 Å². The molecule has 0 saturated carbocycles. The number of nitrogens with one attached hydrogen (secondary N) is 1. The lowest BCUT2D eigenvalue weighted by molar-refractivity contribution is 0.818. The molecule has 0 fully saturated rings. The normalized spacial score (nSPS) is 9.80. The molecule has 0 aliphatic heterocycles. The van der Waals surface area contributed by atoms with Gasteiger partial charge < -0.3 is 5.32 Å². The molecule has 0 aliphatic carbocycles. The molecule has 0 atom stereocenters. The van der Waals surface area contributed by atoms with Crippen molar-refractivity contribution in [3.63, 3.8) is 0 Å². The Morgan fingerprint density at radius 2 is 2.50 bits per heavy atom. The van der Waals surface area contributed by atoms with Crippen molar-refractivity contribution < 1.29 is 0 Å². The predicted octanol–water partition coefficient (Wildman–Crippen LogP) is 1.86. The average molecular weight is 155 g/mol. The van der Waals surface area contributed by atoms with E-state index in [9.17, 15) is 0 Å². The molecule has 2 heteroatoms. The van der Waals surface area contributed by atoms with Crippen molar-refractivity contribution in [2.75, 3.05) is 7.05 Å². The second-order valence-electron chi connectivity index (χ2n) is 2.08. The molecule has 53 valence electrons. The van der Waals surface area contributed by atoms with Crippen LogP contribution in [0.5, 0.6) is 0 Å². The van der Waals surface area contributed by atoms with E-state index in [1.54, 1.807) is 0 Å². The van der Waals surface area contributed by atoms with E-state index in [4.69, 9.17) is 11.6 Å². The van der Waals surface area contributed by atoms with Crippen molar-refractivity contribution in [3.8, 4) is 0 Å². The molecule has 10 heavy (non-hydrogen) atoms. The molecule has 0 unspecified atom stereocenters. The molecule has 1 aromatic rings. The molecule has 0 amide bonds. The summed E-state index contributed by atoms with van der Waals surface area (Å²) in [7, 11) is 1.91. The second-order valence-corrected chi connectivity index (χ2v) is 2.48. The number of rotatable bonds is 2. The maximum Gasteiger partial charge on any atom is 0.0488 e. The van der Waals surface area contributed by atoms with Gasteiger partial charge in [-0.1, -0.05) is 23.7 Å². The summed E-state index contributed by atoms with van der Waals surface area (Å²) in [6, 6.07) is 8.59. The lowest BCUT2D eigenvalue weighted by atomic mass is 10.2.